The summed E-state index contributed by atoms with van der Waals surface area (Å²) in [5.41, 5.74) is 1.07. The van der Waals surface area contributed by atoms with Gasteiger partial charge in [-0.1, -0.05) is 30.3 Å². The van der Waals surface area contributed by atoms with Crippen molar-refractivity contribution in [1.29, 1.82) is 0 Å². The number of fused-ring (bicyclic) bond motifs is 1. The van der Waals surface area contributed by atoms with Gasteiger partial charge in [-0.15, -0.1) is 16.7 Å². The van der Waals surface area contributed by atoms with E-state index in [0.717, 1.165) is 12.0 Å². The zero-order chi connectivity index (χ0) is 14.3. The van der Waals surface area contributed by atoms with Crippen LogP contribution in [0.3, 0.4) is 0 Å². The van der Waals surface area contributed by atoms with Gasteiger partial charge in [0, 0.05) is 11.3 Å². The van der Waals surface area contributed by atoms with Crippen molar-refractivity contribution in [2.45, 2.75) is 30.2 Å². The molecule has 0 spiro atoms. The summed E-state index contributed by atoms with van der Waals surface area (Å²) in [7, 11) is 0. The van der Waals surface area contributed by atoms with Gasteiger partial charge in [-0.25, -0.2) is 4.79 Å². The summed E-state index contributed by atoms with van der Waals surface area (Å²) >= 11 is 6.24. The van der Waals surface area contributed by atoms with Crippen LogP contribution in [-0.4, -0.2) is 33.6 Å². The lowest BCUT2D eigenvalue weighted by atomic mass is 9.72. The highest BCUT2D eigenvalue weighted by atomic mass is 35.5. The van der Waals surface area contributed by atoms with E-state index in [9.17, 15) is 14.8 Å². The SMILES string of the molecule is O=C1NC2C(c3ccccc3)CCC(Cl)C2C(=O)N1O. The zero-order valence-corrected chi connectivity index (χ0v) is 11.5. The number of imide groups is 1. The summed E-state index contributed by atoms with van der Waals surface area (Å²) in [6.07, 6.45) is 1.48. The first-order chi connectivity index (χ1) is 9.59. The molecule has 0 radical (unpaired) electrons. The number of halogens is 1. The molecule has 0 bridgehead atoms. The summed E-state index contributed by atoms with van der Waals surface area (Å²) in [5.74, 6) is -1.16. The Morgan fingerprint density at radius 3 is 2.60 bits per heavy atom. The highest BCUT2D eigenvalue weighted by Crippen LogP contribution is 2.41. The van der Waals surface area contributed by atoms with Gasteiger partial charge in [0.25, 0.3) is 5.91 Å². The van der Waals surface area contributed by atoms with Crippen LogP contribution >= 0.6 is 11.6 Å². The van der Waals surface area contributed by atoms with Gasteiger partial charge < -0.3 is 5.32 Å². The van der Waals surface area contributed by atoms with Gasteiger partial charge in [-0.05, 0) is 18.4 Å². The minimum absolute atomic E-state index is 0.0396. The highest BCUT2D eigenvalue weighted by Gasteiger charge is 2.50. The molecule has 4 unspecified atom stereocenters. The molecule has 1 aromatic carbocycles. The normalized spacial score (nSPS) is 33.6. The van der Waals surface area contributed by atoms with Gasteiger partial charge in [-0.2, -0.15) is 0 Å². The Labute approximate surface area is 121 Å². The molecule has 106 valence electrons. The van der Waals surface area contributed by atoms with Crippen LogP contribution < -0.4 is 5.32 Å². The minimum atomic E-state index is -0.775. The van der Waals surface area contributed by atoms with Crippen molar-refractivity contribution in [1.82, 2.24) is 10.4 Å². The molecule has 2 aliphatic rings. The number of carbonyl (C=O) groups excluding carboxylic acids is 2. The van der Waals surface area contributed by atoms with E-state index >= 15 is 0 Å². The van der Waals surface area contributed by atoms with Crippen molar-refractivity contribution in [3.05, 3.63) is 35.9 Å². The van der Waals surface area contributed by atoms with Crippen LogP contribution in [0.4, 0.5) is 4.79 Å². The van der Waals surface area contributed by atoms with Crippen LogP contribution in [0.15, 0.2) is 30.3 Å². The zero-order valence-electron chi connectivity index (χ0n) is 10.7. The molecule has 4 atom stereocenters. The molecule has 1 aliphatic carbocycles. The van der Waals surface area contributed by atoms with Crippen LogP contribution in [0.5, 0.6) is 0 Å². The number of carbonyl (C=O) groups is 2. The summed E-state index contributed by atoms with van der Waals surface area (Å²) in [4.78, 5) is 23.7. The van der Waals surface area contributed by atoms with Crippen molar-refractivity contribution in [3.63, 3.8) is 0 Å². The fraction of sp³-hybridized carbons (Fsp3) is 0.429. The number of nitrogens with one attached hydrogen (secondary N) is 1. The van der Waals surface area contributed by atoms with Crippen LogP contribution in [0, 0.1) is 5.92 Å². The number of benzene rings is 1. The standard InChI is InChI=1S/C14H15ClN2O3/c15-10-7-6-9(8-4-2-1-3-5-8)12-11(10)13(18)17(20)14(19)16-12/h1-5,9-12,20H,6-7H2,(H,16,19). The van der Waals surface area contributed by atoms with Crippen LogP contribution in [0.25, 0.3) is 0 Å². The molecular formula is C14H15ClN2O3. The number of nitrogens with zero attached hydrogens (tertiary/aromatic N) is 1. The molecule has 20 heavy (non-hydrogen) atoms. The van der Waals surface area contributed by atoms with Gasteiger partial charge in [-0.3, -0.25) is 10.0 Å². The van der Waals surface area contributed by atoms with Crippen LogP contribution in [-0.2, 0) is 4.79 Å². The van der Waals surface area contributed by atoms with E-state index < -0.39 is 17.9 Å². The molecule has 1 aliphatic heterocycles. The Balaban J connectivity index is 1.95. The van der Waals surface area contributed by atoms with Gasteiger partial charge in [0.05, 0.1) is 12.0 Å². The summed E-state index contributed by atoms with van der Waals surface area (Å²) in [6.45, 7) is 0. The van der Waals surface area contributed by atoms with Gasteiger partial charge in [0.1, 0.15) is 0 Å². The monoisotopic (exact) mass is 294 g/mol. The van der Waals surface area contributed by atoms with E-state index in [2.05, 4.69) is 5.32 Å². The van der Waals surface area contributed by atoms with E-state index in [1.807, 2.05) is 30.3 Å². The largest absolute Gasteiger partial charge is 0.348 e. The highest BCUT2D eigenvalue weighted by molar-refractivity contribution is 6.22. The van der Waals surface area contributed by atoms with E-state index in [0.29, 0.717) is 6.42 Å². The Morgan fingerprint density at radius 1 is 1.20 bits per heavy atom. The quantitative estimate of drug-likeness (QED) is 0.615. The summed E-state index contributed by atoms with van der Waals surface area (Å²) in [5, 5.41) is 12.0. The van der Waals surface area contributed by atoms with Gasteiger partial charge in [0.2, 0.25) is 0 Å². The number of urea groups is 1. The number of hydrogen-bond donors (Lipinski definition) is 2. The second-order valence-corrected chi connectivity index (χ2v) is 5.82. The third-order valence-electron chi connectivity index (χ3n) is 4.17. The molecule has 6 heteroatoms. The fourth-order valence-electron chi connectivity index (χ4n) is 3.19. The molecule has 5 nitrogen and oxygen atoms in total. The van der Waals surface area contributed by atoms with Crippen molar-refractivity contribution in [3.8, 4) is 0 Å². The van der Waals surface area contributed by atoms with E-state index in [-0.39, 0.29) is 22.4 Å². The maximum atomic E-state index is 12.1. The van der Waals surface area contributed by atoms with Crippen molar-refractivity contribution < 1.29 is 14.8 Å². The summed E-state index contributed by atoms with van der Waals surface area (Å²) in [6, 6.07) is 8.62. The fourth-order valence-corrected chi connectivity index (χ4v) is 3.58. The number of hydroxylamine groups is 2. The predicted octanol–water partition coefficient (Wildman–Crippen LogP) is 2.10. The van der Waals surface area contributed by atoms with Gasteiger partial charge >= 0.3 is 6.03 Å². The smallest absolute Gasteiger partial charge is 0.332 e. The molecule has 0 aromatic heterocycles. The number of alkyl halides is 1. The number of rotatable bonds is 1. The topological polar surface area (TPSA) is 69.6 Å². The predicted molar refractivity (Wildman–Crippen MR) is 72.5 cm³/mol. The Kier molecular flexibility index (Phi) is 3.40. The van der Waals surface area contributed by atoms with Crippen molar-refractivity contribution in [2.75, 3.05) is 0 Å². The molecule has 2 N–H and O–H groups in total. The van der Waals surface area contributed by atoms with E-state index in [1.165, 1.54) is 0 Å². The maximum absolute atomic E-state index is 12.1. The lowest BCUT2D eigenvalue weighted by Gasteiger charge is -2.44. The minimum Gasteiger partial charge on any atom is -0.332 e. The molecule has 1 saturated carbocycles. The van der Waals surface area contributed by atoms with E-state index in [4.69, 9.17) is 11.6 Å². The van der Waals surface area contributed by atoms with Crippen molar-refractivity contribution >= 4 is 23.5 Å². The molecule has 3 amide bonds. The van der Waals surface area contributed by atoms with Crippen molar-refractivity contribution in [2.24, 2.45) is 5.92 Å². The first-order valence-electron chi connectivity index (χ1n) is 6.62. The lowest BCUT2D eigenvalue weighted by Crippen LogP contribution is -2.64. The Bertz CT molecular complexity index is 536. The lowest BCUT2D eigenvalue weighted by molar-refractivity contribution is -0.163. The number of amides is 3. The second kappa shape index (κ2) is 5.07. The first kappa shape index (κ1) is 13.4. The molecule has 3 rings (SSSR count). The third-order valence-corrected chi connectivity index (χ3v) is 4.66. The summed E-state index contributed by atoms with van der Waals surface area (Å²) < 4.78 is 0. The maximum Gasteiger partial charge on any atom is 0.348 e. The van der Waals surface area contributed by atoms with Crippen LogP contribution in [0.1, 0.15) is 24.3 Å². The molecule has 2 fully saturated rings. The average molecular weight is 295 g/mol. The molecule has 1 saturated heterocycles. The second-order valence-electron chi connectivity index (χ2n) is 5.26. The van der Waals surface area contributed by atoms with Crippen LogP contribution in [0.2, 0.25) is 0 Å². The van der Waals surface area contributed by atoms with Gasteiger partial charge in [0.15, 0.2) is 0 Å². The first-order valence-corrected chi connectivity index (χ1v) is 7.05. The molecule has 1 aromatic rings. The Morgan fingerprint density at radius 2 is 1.90 bits per heavy atom. The number of hydrogen-bond acceptors (Lipinski definition) is 3. The third kappa shape index (κ3) is 2.07. The van der Waals surface area contributed by atoms with E-state index in [1.54, 1.807) is 0 Å². The Hall–Kier alpha value is -1.59. The molecule has 1 heterocycles. The average Bonchev–Trinajstić information content (AvgIpc) is 2.46. The molecular weight excluding hydrogens is 280 g/mol.